The summed E-state index contributed by atoms with van der Waals surface area (Å²) in [5.41, 5.74) is 2.31. The fourth-order valence-electron chi connectivity index (χ4n) is 2.20. The molecule has 4 nitrogen and oxygen atoms in total. The topological polar surface area (TPSA) is 65.7 Å². The van der Waals surface area contributed by atoms with E-state index in [0.29, 0.717) is 5.56 Å². The molecular formula is C16H12N2O2. The van der Waals surface area contributed by atoms with Gasteiger partial charge in [-0.3, -0.25) is 9.78 Å². The van der Waals surface area contributed by atoms with E-state index in [4.69, 9.17) is 0 Å². The standard InChI is InChI=1S/C16H12N2O2/c19-15-14(10-17-16(20)18-15)13-9-5-4-8-12(13)11-6-2-1-3-7-11/h1-10H,(H2,17,18,19,20). The molecule has 0 fully saturated rings. The Labute approximate surface area is 114 Å². The van der Waals surface area contributed by atoms with Crippen LogP contribution in [-0.2, 0) is 0 Å². The van der Waals surface area contributed by atoms with Crippen LogP contribution in [0.2, 0.25) is 0 Å². The van der Waals surface area contributed by atoms with Gasteiger partial charge < -0.3 is 4.98 Å². The van der Waals surface area contributed by atoms with Crippen LogP contribution < -0.4 is 11.2 Å². The third-order valence-electron chi connectivity index (χ3n) is 3.12. The normalized spacial score (nSPS) is 10.4. The van der Waals surface area contributed by atoms with Crippen LogP contribution >= 0.6 is 0 Å². The molecule has 0 aliphatic rings. The summed E-state index contributed by atoms with van der Waals surface area (Å²) >= 11 is 0. The molecule has 2 N–H and O–H groups in total. The van der Waals surface area contributed by atoms with Crippen molar-refractivity contribution in [1.29, 1.82) is 0 Å². The average Bonchev–Trinajstić information content (AvgIpc) is 2.48. The zero-order valence-corrected chi connectivity index (χ0v) is 10.6. The van der Waals surface area contributed by atoms with E-state index in [1.165, 1.54) is 6.20 Å². The zero-order valence-electron chi connectivity index (χ0n) is 10.6. The molecule has 3 rings (SSSR count). The van der Waals surface area contributed by atoms with Crippen LogP contribution in [0, 0.1) is 0 Å². The summed E-state index contributed by atoms with van der Waals surface area (Å²) in [4.78, 5) is 27.8. The van der Waals surface area contributed by atoms with Gasteiger partial charge in [0.2, 0.25) is 0 Å². The second-order valence-corrected chi connectivity index (χ2v) is 4.40. The first-order valence-corrected chi connectivity index (χ1v) is 6.22. The van der Waals surface area contributed by atoms with Crippen LogP contribution in [0.5, 0.6) is 0 Å². The number of hydrogen-bond donors (Lipinski definition) is 2. The summed E-state index contributed by atoms with van der Waals surface area (Å²) in [6, 6.07) is 17.4. The van der Waals surface area contributed by atoms with Gasteiger partial charge in [-0.2, -0.15) is 0 Å². The van der Waals surface area contributed by atoms with E-state index in [-0.39, 0.29) is 0 Å². The molecule has 0 aliphatic carbocycles. The number of aromatic nitrogens is 2. The Kier molecular flexibility index (Phi) is 3.05. The van der Waals surface area contributed by atoms with Gasteiger partial charge in [0.05, 0.1) is 5.56 Å². The van der Waals surface area contributed by atoms with Gasteiger partial charge in [0, 0.05) is 6.20 Å². The van der Waals surface area contributed by atoms with E-state index in [9.17, 15) is 9.59 Å². The lowest BCUT2D eigenvalue weighted by Gasteiger charge is -2.08. The number of hydrogen-bond acceptors (Lipinski definition) is 2. The van der Waals surface area contributed by atoms with E-state index < -0.39 is 11.2 Å². The van der Waals surface area contributed by atoms with Crippen molar-refractivity contribution in [2.75, 3.05) is 0 Å². The van der Waals surface area contributed by atoms with Gasteiger partial charge in [-0.25, -0.2) is 4.79 Å². The van der Waals surface area contributed by atoms with E-state index in [1.54, 1.807) is 0 Å². The molecule has 0 spiro atoms. The van der Waals surface area contributed by atoms with E-state index in [0.717, 1.165) is 16.7 Å². The van der Waals surface area contributed by atoms with Crippen LogP contribution in [0.4, 0.5) is 0 Å². The summed E-state index contributed by atoms with van der Waals surface area (Å²) in [6.45, 7) is 0. The Morgan fingerprint density at radius 3 is 2.05 bits per heavy atom. The van der Waals surface area contributed by atoms with Crippen molar-refractivity contribution in [3.63, 3.8) is 0 Å². The Bertz CT molecular complexity index is 848. The largest absolute Gasteiger partial charge is 0.325 e. The van der Waals surface area contributed by atoms with Crippen LogP contribution in [0.15, 0.2) is 70.4 Å². The lowest BCUT2D eigenvalue weighted by Crippen LogP contribution is -2.22. The van der Waals surface area contributed by atoms with Gasteiger partial charge in [0.25, 0.3) is 5.56 Å². The zero-order chi connectivity index (χ0) is 13.9. The Hall–Kier alpha value is -2.88. The summed E-state index contributed by atoms with van der Waals surface area (Å²) in [7, 11) is 0. The first-order valence-electron chi connectivity index (χ1n) is 6.22. The minimum atomic E-state index is -0.504. The second kappa shape index (κ2) is 5.01. The van der Waals surface area contributed by atoms with Gasteiger partial charge in [0.1, 0.15) is 0 Å². The molecule has 0 aliphatic heterocycles. The number of H-pyrrole nitrogens is 2. The molecule has 0 atom stereocenters. The van der Waals surface area contributed by atoms with Crippen LogP contribution in [-0.4, -0.2) is 9.97 Å². The highest BCUT2D eigenvalue weighted by Gasteiger charge is 2.09. The quantitative estimate of drug-likeness (QED) is 0.746. The highest BCUT2D eigenvalue weighted by molar-refractivity contribution is 5.82. The number of rotatable bonds is 2. The first kappa shape index (κ1) is 12.2. The number of aromatic amines is 2. The Morgan fingerprint density at radius 2 is 1.35 bits per heavy atom. The molecule has 0 unspecified atom stereocenters. The van der Waals surface area contributed by atoms with Crippen molar-refractivity contribution >= 4 is 0 Å². The van der Waals surface area contributed by atoms with Gasteiger partial charge in [-0.05, 0) is 16.7 Å². The fraction of sp³-hybridized carbons (Fsp3) is 0. The molecular weight excluding hydrogens is 252 g/mol. The molecule has 0 radical (unpaired) electrons. The number of nitrogens with one attached hydrogen (secondary N) is 2. The van der Waals surface area contributed by atoms with Gasteiger partial charge in [0.15, 0.2) is 0 Å². The summed E-state index contributed by atoms with van der Waals surface area (Å²) in [5, 5.41) is 0. The van der Waals surface area contributed by atoms with Crippen molar-refractivity contribution in [3.8, 4) is 22.3 Å². The first-order chi connectivity index (χ1) is 9.75. The van der Waals surface area contributed by atoms with Crippen molar-refractivity contribution in [1.82, 2.24) is 9.97 Å². The minimum absolute atomic E-state index is 0.392. The van der Waals surface area contributed by atoms with Crippen molar-refractivity contribution in [2.24, 2.45) is 0 Å². The summed E-state index contributed by atoms with van der Waals surface area (Å²) < 4.78 is 0. The maximum atomic E-state index is 11.9. The number of benzene rings is 2. The minimum Gasteiger partial charge on any atom is -0.313 e. The smallest absolute Gasteiger partial charge is 0.313 e. The highest BCUT2D eigenvalue weighted by Crippen LogP contribution is 2.29. The lowest BCUT2D eigenvalue weighted by molar-refractivity contribution is 1.04. The second-order valence-electron chi connectivity index (χ2n) is 4.40. The molecule has 1 aromatic heterocycles. The molecule has 2 aromatic carbocycles. The third kappa shape index (κ3) is 2.19. The third-order valence-corrected chi connectivity index (χ3v) is 3.12. The Balaban J connectivity index is 2.25. The monoisotopic (exact) mass is 264 g/mol. The molecule has 0 bridgehead atoms. The van der Waals surface area contributed by atoms with Gasteiger partial charge in [-0.15, -0.1) is 0 Å². The molecule has 3 aromatic rings. The summed E-state index contributed by atoms with van der Waals surface area (Å²) in [6.07, 6.45) is 1.45. The SMILES string of the molecule is O=c1[nH]cc(-c2ccccc2-c2ccccc2)c(=O)[nH]1. The fourth-order valence-corrected chi connectivity index (χ4v) is 2.20. The molecule has 98 valence electrons. The highest BCUT2D eigenvalue weighted by atomic mass is 16.2. The maximum absolute atomic E-state index is 11.9. The predicted octanol–water partition coefficient (Wildman–Crippen LogP) is 2.40. The Morgan fingerprint density at radius 1 is 0.700 bits per heavy atom. The molecule has 0 saturated heterocycles. The van der Waals surface area contributed by atoms with E-state index in [1.807, 2.05) is 54.6 Å². The van der Waals surface area contributed by atoms with Crippen molar-refractivity contribution in [3.05, 3.63) is 81.6 Å². The van der Waals surface area contributed by atoms with Crippen molar-refractivity contribution in [2.45, 2.75) is 0 Å². The summed E-state index contributed by atoms with van der Waals surface area (Å²) in [5.74, 6) is 0. The molecule has 4 heteroatoms. The van der Waals surface area contributed by atoms with Gasteiger partial charge in [-0.1, -0.05) is 54.6 Å². The van der Waals surface area contributed by atoms with Crippen LogP contribution in [0.1, 0.15) is 0 Å². The molecule has 20 heavy (non-hydrogen) atoms. The van der Waals surface area contributed by atoms with Gasteiger partial charge >= 0.3 is 5.69 Å². The van der Waals surface area contributed by atoms with E-state index >= 15 is 0 Å². The average molecular weight is 264 g/mol. The predicted molar refractivity (Wildman–Crippen MR) is 78.6 cm³/mol. The maximum Gasteiger partial charge on any atom is 0.325 e. The molecule has 0 saturated carbocycles. The van der Waals surface area contributed by atoms with Crippen LogP contribution in [0.25, 0.3) is 22.3 Å². The van der Waals surface area contributed by atoms with Crippen LogP contribution in [0.3, 0.4) is 0 Å². The lowest BCUT2D eigenvalue weighted by atomic mass is 9.96. The molecule has 1 heterocycles. The van der Waals surface area contributed by atoms with Crippen molar-refractivity contribution < 1.29 is 0 Å². The van der Waals surface area contributed by atoms with E-state index in [2.05, 4.69) is 9.97 Å². The molecule has 0 amide bonds.